The molecule has 1 unspecified atom stereocenters. The molecule has 1 aliphatic heterocycles. The van der Waals surface area contributed by atoms with Gasteiger partial charge in [0, 0.05) is 22.5 Å². The first-order valence-corrected chi connectivity index (χ1v) is 8.62. The van der Waals surface area contributed by atoms with Crippen LogP contribution in [0.3, 0.4) is 0 Å². The van der Waals surface area contributed by atoms with E-state index in [0.29, 0.717) is 16.4 Å². The summed E-state index contributed by atoms with van der Waals surface area (Å²) >= 11 is 7.32. The number of carbonyl (C=O) groups is 2. The maximum absolute atomic E-state index is 12.7. The monoisotopic (exact) mass is 349 g/mol. The number of hydrogen-bond acceptors (Lipinski definition) is 3. The average molecular weight is 350 g/mol. The Morgan fingerprint density at radius 3 is 2.65 bits per heavy atom. The largest absolute Gasteiger partial charge is 0.481 e. The van der Waals surface area contributed by atoms with Crippen LogP contribution in [0.15, 0.2) is 36.4 Å². The Hall–Kier alpha value is -1.85. The highest BCUT2D eigenvalue weighted by molar-refractivity contribution is 7.17. The van der Waals surface area contributed by atoms with Crippen LogP contribution >= 0.6 is 22.9 Å². The van der Waals surface area contributed by atoms with Crippen LogP contribution in [0.2, 0.25) is 5.02 Å². The van der Waals surface area contributed by atoms with Crippen LogP contribution < -0.4 is 0 Å². The van der Waals surface area contributed by atoms with Gasteiger partial charge in [-0.15, -0.1) is 11.3 Å². The van der Waals surface area contributed by atoms with E-state index in [2.05, 4.69) is 0 Å². The van der Waals surface area contributed by atoms with E-state index in [9.17, 15) is 9.59 Å². The number of halogens is 1. The number of amides is 1. The van der Waals surface area contributed by atoms with Gasteiger partial charge in [0.15, 0.2) is 0 Å². The van der Waals surface area contributed by atoms with E-state index in [1.807, 2.05) is 36.4 Å². The number of rotatable bonds is 4. The third-order valence-corrected chi connectivity index (χ3v) is 5.37. The van der Waals surface area contributed by atoms with Crippen molar-refractivity contribution >= 4 is 34.8 Å². The van der Waals surface area contributed by atoms with Gasteiger partial charge in [-0.05, 0) is 42.7 Å². The third kappa shape index (κ3) is 3.57. The number of aliphatic carboxylic acids is 1. The van der Waals surface area contributed by atoms with Gasteiger partial charge >= 0.3 is 5.97 Å². The van der Waals surface area contributed by atoms with Gasteiger partial charge in [-0.1, -0.05) is 23.7 Å². The normalized spacial score (nSPS) is 17.4. The SMILES string of the molecule is O=C(O)CC1CCCN1C(=O)c1ccc(-c2ccc(Cl)cc2)s1. The smallest absolute Gasteiger partial charge is 0.305 e. The van der Waals surface area contributed by atoms with Gasteiger partial charge in [-0.25, -0.2) is 0 Å². The zero-order chi connectivity index (χ0) is 16.4. The van der Waals surface area contributed by atoms with Crippen molar-refractivity contribution in [2.75, 3.05) is 6.54 Å². The van der Waals surface area contributed by atoms with Crippen molar-refractivity contribution in [1.29, 1.82) is 0 Å². The zero-order valence-electron chi connectivity index (χ0n) is 12.4. The lowest BCUT2D eigenvalue weighted by atomic mass is 10.1. The maximum atomic E-state index is 12.7. The minimum absolute atomic E-state index is 0.0150. The molecular weight excluding hydrogens is 334 g/mol. The number of hydrogen-bond donors (Lipinski definition) is 1. The van der Waals surface area contributed by atoms with Crippen LogP contribution in [-0.2, 0) is 4.79 Å². The summed E-state index contributed by atoms with van der Waals surface area (Å²) in [4.78, 5) is 26.9. The van der Waals surface area contributed by atoms with Gasteiger partial charge < -0.3 is 10.0 Å². The highest BCUT2D eigenvalue weighted by Gasteiger charge is 2.31. The fraction of sp³-hybridized carbons (Fsp3) is 0.294. The molecule has 1 atom stereocenters. The maximum Gasteiger partial charge on any atom is 0.305 e. The molecule has 1 N–H and O–H groups in total. The molecule has 6 heteroatoms. The van der Waals surface area contributed by atoms with Crippen LogP contribution in [0, 0.1) is 0 Å². The van der Waals surface area contributed by atoms with Gasteiger partial charge in [-0.2, -0.15) is 0 Å². The Labute approximate surface area is 143 Å². The number of thiophene rings is 1. The molecule has 3 rings (SSSR count). The minimum Gasteiger partial charge on any atom is -0.481 e. The van der Waals surface area contributed by atoms with Crippen molar-refractivity contribution in [2.24, 2.45) is 0 Å². The number of benzene rings is 1. The summed E-state index contributed by atoms with van der Waals surface area (Å²) in [6.07, 6.45) is 1.63. The highest BCUT2D eigenvalue weighted by Crippen LogP contribution is 2.31. The van der Waals surface area contributed by atoms with Crippen molar-refractivity contribution in [2.45, 2.75) is 25.3 Å². The predicted octanol–water partition coefficient (Wildman–Crippen LogP) is 4.15. The molecule has 1 amide bonds. The lowest BCUT2D eigenvalue weighted by Crippen LogP contribution is -2.36. The van der Waals surface area contributed by atoms with Crippen molar-refractivity contribution in [1.82, 2.24) is 4.90 Å². The first kappa shape index (κ1) is 16.0. The molecule has 0 radical (unpaired) electrons. The molecule has 4 nitrogen and oxygen atoms in total. The molecule has 0 spiro atoms. The summed E-state index contributed by atoms with van der Waals surface area (Å²) in [6.45, 7) is 0.630. The number of likely N-dealkylation sites (tertiary alicyclic amines) is 1. The fourth-order valence-electron chi connectivity index (χ4n) is 2.88. The van der Waals surface area contributed by atoms with Crippen LogP contribution in [0.5, 0.6) is 0 Å². The summed E-state index contributed by atoms with van der Waals surface area (Å²) in [6, 6.07) is 11.0. The second kappa shape index (κ2) is 6.72. The molecular formula is C17H16ClNO3S. The quantitative estimate of drug-likeness (QED) is 0.902. The van der Waals surface area contributed by atoms with E-state index in [1.54, 1.807) is 4.90 Å². The van der Waals surface area contributed by atoms with Gasteiger partial charge in [0.1, 0.15) is 0 Å². The molecule has 23 heavy (non-hydrogen) atoms. The van der Waals surface area contributed by atoms with Crippen molar-refractivity contribution in [3.63, 3.8) is 0 Å². The number of carboxylic acid groups (broad SMARTS) is 1. The minimum atomic E-state index is -0.859. The summed E-state index contributed by atoms with van der Waals surface area (Å²) in [5.74, 6) is -0.929. The molecule has 2 aromatic rings. The first-order chi connectivity index (χ1) is 11.0. The lowest BCUT2D eigenvalue weighted by molar-refractivity contribution is -0.137. The standard InChI is InChI=1S/C17H16ClNO3S/c18-12-5-3-11(4-6-12)14-7-8-15(23-14)17(22)19-9-1-2-13(19)10-16(20)21/h3-8,13H,1-2,9-10H2,(H,20,21). The van der Waals surface area contributed by atoms with Crippen molar-refractivity contribution < 1.29 is 14.7 Å². The molecule has 120 valence electrons. The van der Waals surface area contributed by atoms with Gasteiger partial charge in [0.2, 0.25) is 0 Å². The number of nitrogens with zero attached hydrogens (tertiary/aromatic N) is 1. The van der Waals surface area contributed by atoms with E-state index in [1.165, 1.54) is 11.3 Å². The second-order valence-electron chi connectivity index (χ2n) is 5.56. The first-order valence-electron chi connectivity index (χ1n) is 7.43. The summed E-state index contributed by atoms with van der Waals surface area (Å²) < 4.78 is 0. The Balaban J connectivity index is 1.78. The highest BCUT2D eigenvalue weighted by atomic mass is 35.5. The zero-order valence-corrected chi connectivity index (χ0v) is 13.9. The van der Waals surface area contributed by atoms with E-state index in [0.717, 1.165) is 23.3 Å². The van der Waals surface area contributed by atoms with Crippen LogP contribution in [0.4, 0.5) is 0 Å². The molecule has 2 heterocycles. The summed E-state index contributed by atoms with van der Waals surface area (Å²) in [7, 11) is 0. The van der Waals surface area contributed by atoms with Crippen molar-refractivity contribution in [3.8, 4) is 10.4 Å². The molecule has 1 saturated heterocycles. The molecule has 1 fully saturated rings. The third-order valence-electron chi connectivity index (χ3n) is 3.99. The Morgan fingerprint density at radius 1 is 1.22 bits per heavy atom. The predicted molar refractivity (Wildman–Crippen MR) is 91.1 cm³/mol. The molecule has 0 bridgehead atoms. The van der Waals surface area contributed by atoms with E-state index in [4.69, 9.17) is 16.7 Å². The van der Waals surface area contributed by atoms with Crippen LogP contribution in [0.1, 0.15) is 28.9 Å². The molecule has 1 aliphatic rings. The van der Waals surface area contributed by atoms with Crippen LogP contribution in [0.25, 0.3) is 10.4 Å². The Morgan fingerprint density at radius 2 is 1.96 bits per heavy atom. The molecule has 0 aliphatic carbocycles. The van der Waals surface area contributed by atoms with E-state index in [-0.39, 0.29) is 18.4 Å². The van der Waals surface area contributed by atoms with Gasteiger partial charge in [0.05, 0.1) is 11.3 Å². The van der Waals surface area contributed by atoms with Crippen molar-refractivity contribution in [3.05, 3.63) is 46.3 Å². The molecule has 1 aromatic heterocycles. The Bertz CT molecular complexity index is 726. The molecule has 0 saturated carbocycles. The van der Waals surface area contributed by atoms with E-state index >= 15 is 0 Å². The number of carboxylic acids is 1. The second-order valence-corrected chi connectivity index (χ2v) is 7.08. The van der Waals surface area contributed by atoms with Gasteiger partial charge in [0.25, 0.3) is 5.91 Å². The topological polar surface area (TPSA) is 57.6 Å². The fourth-order valence-corrected chi connectivity index (χ4v) is 3.97. The van der Waals surface area contributed by atoms with Gasteiger partial charge in [-0.3, -0.25) is 9.59 Å². The summed E-state index contributed by atoms with van der Waals surface area (Å²) in [5, 5.41) is 9.65. The lowest BCUT2D eigenvalue weighted by Gasteiger charge is -2.22. The number of carbonyl (C=O) groups excluding carboxylic acids is 1. The average Bonchev–Trinajstić information content (AvgIpc) is 3.16. The summed E-state index contributed by atoms with van der Waals surface area (Å²) in [5.41, 5.74) is 1.02. The van der Waals surface area contributed by atoms with Crippen LogP contribution in [-0.4, -0.2) is 34.5 Å². The Kier molecular flexibility index (Phi) is 4.68. The van der Waals surface area contributed by atoms with E-state index < -0.39 is 5.97 Å². The molecule has 1 aromatic carbocycles.